The van der Waals surface area contributed by atoms with Crippen LogP contribution in [0.25, 0.3) is 89.4 Å². The van der Waals surface area contributed by atoms with Gasteiger partial charge in [0.2, 0.25) is 0 Å². The van der Waals surface area contributed by atoms with Crippen LogP contribution in [0.5, 0.6) is 0 Å². The molecular formula is C62H36N6O2. The van der Waals surface area contributed by atoms with E-state index in [1.54, 1.807) is 0 Å². The Morgan fingerprint density at radius 1 is 0.243 bits per heavy atom. The van der Waals surface area contributed by atoms with E-state index in [9.17, 15) is 0 Å². The lowest BCUT2D eigenvalue weighted by molar-refractivity contribution is 0.517. The van der Waals surface area contributed by atoms with Crippen LogP contribution >= 0.6 is 0 Å². The zero-order chi connectivity index (χ0) is 46.0. The van der Waals surface area contributed by atoms with Crippen molar-refractivity contribution in [3.8, 4) is 45.6 Å². The lowest BCUT2D eigenvalue weighted by Gasteiger charge is -2.55. The molecule has 0 atom stereocenters. The average molecular weight is 897 g/mol. The van der Waals surface area contributed by atoms with E-state index in [1.807, 2.05) is 72.8 Å². The second kappa shape index (κ2) is 14.6. The monoisotopic (exact) mass is 896 g/mol. The van der Waals surface area contributed by atoms with Gasteiger partial charge in [-0.3, -0.25) is 0 Å². The van der Waals surface area contributed by atoms with Gasteiger partial charge >= 0.3 is 0 Å². The highest BCUT2D eigenvalue weighted by molar-refractivity contribution is 6.06. The maximum absolute atomic E-state index is 6.43. The molecule has 4 aromatic heterocycles. The van der Waals surface area contributed by atoms with Crippen molar-refractivity contribution in [2.45, 2.75) is 10.8 Å². The van der Waals surface area contributed by atoms with E-state index in [2.05, 4.69) is 146 Å². The largest absolute Gasteiger partial charge is 0.456 e. The highest BCUT2D eigenvalue weighted by Crippen LogP contribution is 2.65. The Morgan fingerprint density at radius 3 is 0.914 bits per heavy atom. The third-order valence-electron chi connectivity index (χ3n) is 14.5. The Balaban J connectivity index is 1.01. The number of rotatable bonds is 6. The molecule has 0 aliphatic heterocycles. The van der Waals surface area contributed by atoms with Gasteiger partial charge in [-0.05, 0) is 69.8 Å². The smallest absolute Gasteiger partial charge is 0.163 e. The van der Waals surface area contributed by atoms with Crippen LogP contribution < -0.4 is 0 Å². The Labute approximate surface area is 400 Å². The van der Waals surface area contributed by atoms with Crippen LogP contribution in [0.2, 0.25) is 0 Å². The van der Waals surface area contributed by atoms with E-state index in [-0.39, 0.29) is 0 Å². The molecule has 3 aliphatic rings. The number of hydrogen-bond donors (Lipinski definition) is 0. The molecule has 0 N–H and O–H groups in total. The standard InChI is InChI=1S/C62H36N6O2/c1-3-17-37(18-4-1)55-63-57(39-31-33-43-41-21-7-15-29-51(41)69-53(43)35-39)67-59(65-55)61-45-23-9-12-26-48(45)62(49-27-13-10-24-46(49)61,50-28-14-11-25-47(50)61)60-66-56(38-19-5-2-6-20-38)64-58(68-60)40-32-34-44-42-22-8-16-30-52(42)70-54(44)36-40/h1-36H. The minimum atomic E-state index is -0.985. The number of hydrogen-bond acceptors (Lipinski definition) is 8. The fourth-order valence-corrected chi connectivity index (χ4v) is 11.5. The fourth-order valence-electron chi connectivity index (χ4n) is 11.5. The first-order valence-corrected chi connectivity index (χ1v) is 23.4. The van der Waals surface area contributed by atoms with Crippen LogP contribution in [-0.4, -0.2) is 29.9 Å². The predicted molar refractivity (Wildman–Crippen MR) is 273 cm³/mol. The van der Waals surface area contributed by atoms with Crippen molar-refractivity contribution in [3.05, 3.63) is 263 Å². The molecule has 0 amide bonds. The highest BCUT2D eigenvalue weighted by Gasteiger charge is 2.62. The molecule has 0 spiro atoms. The van der Waals surface area contributed by atoms with Crippen LogP contribution in [0, 0.1) is 0 Å². The van der Waals surface area contributed by atoms with Gasteiger partial charge in [-0.25, -0.2) is 29.9 Å². The Bertz CT molecular complexity index is 3880. The average Bonchev–Trinajstić information content (AvgIpc) is 4.01. The SMILES string of the molecule is c1ccc(-c2nc(-c3ccc4c(c3)oc3ccccc34)nc(C34c5ccccc5C(c5nc(-c6ccccc6)nc(-c6ccc7c(c6)oc6ccccc67)n5)(c5ccccc53)c3ccccc34)n2)cc1. The third-order valence-corrected chi connectivity index (χ3v) is 14.5. The molecule has 13 aromatic rings. The molecule has 3 aliphatic carbocycles. The summed E-state index contributed by atoms with van der Waals surface area (Å²) in [7, 11) is 0. The van der Waals surface area contributed by atoms with Crippen molar-refractivity contribution < 1.29 is 8.83 Å². The number of fused-ring (bicyclic) bond motifs is 6. The van der Waals surface area contributed by atoms with Crippen molar-refractivity contribution in [1.82, 2.24) is 29.9 Å². The first-order chi connectivity index (χ1) is 34.7. The third kappa shape index (κ3) is 5.30. The van der Waals surface area contributed by atoms with Gasteiger partial charge in [0.25, 0.3) is 0 Å². The van der Waals surface area contributed by atoms with E-state index in [4.69, 9.17) is 38.7 Å². The summed E-state index contributed by atoms with van der Waals surface area (Å²) in [5, 5.41) is 4.20. The molecule has 326 valence electrons. The van der Waals surface area contributed by atoms with Crippen LogP contribution in [0.3, 0.4) is 0 Å². The van der Waals surface area contributed by atoms with Gasteiger partial charge in [0.05, 0.1) is 0 Å². The first-order valence-electron chi connectivity index (χ1n) is 23.4. The van der Waals surface area contributed by atoms with Crippen molar-refractivity contribution in [2.24, 2.45) is 0 Å². The number of para-hydroxylation sites is 2. The van der Waals surface area contributed by atoms with E-state index in [1.165, 1.54) is 0 Å². The van der Waals surface area contributed by atoms with E-state index in [0.29, 0.717) is 34.9 Å². The van der Waals surface area contributed by atoms with Crippen molar-refractivity contribution >= 4 is 43.9 Å². The zero-order valence-corrected chi connectivity index (χ0v) is 37.3. The van der Waals surface area contributed by atoms with Crippen molar-refractivity contribution in [2.75, 3.05) is 0 Å². The van der Waals surface area contributed by atoms with Gasteiger partial charge in [0.1, 0.15) is 33.2 Å². The first kappa shape index (κ1) is 38.7. The van der Waals surface area contributed by atoms with Crippen LogP contribution in [0.4, 0.5) is 0 Å². The topological polar surface area (TPSA) is 104 Å². The van der Waals surface area contributed by atoms with Gasteiger partial charge in [-0.1, -0.05) is 182 Å². The summed E-state index contributed by atoms with van der Waals surface area (Å²) >= 11 is 0. The molecule has 8 heteroatoms. The molecular weight excluding hydrogens is 861 g/mol. The van der Waals surface area contributed by atoms with Crippen LogP contribution in [0.1, 0.15) is 45.0 Å². The quantitative estimate of drug-likeness (QED) is 0.163. The molecule has 0 fully saturated rings. The zero-order valence-electron chi connectivity index (χ0n) is 37.3. The molecule has 2 bridgehead atoms. The predicted octanol–water partition coefficient (Wildman–Crippen LogP) is 13.9. The van der Waals surface area contributed by atoms with E-state index >= 15 is 0 Å². The molecule has 70 heavy (non-hydrogen) atoms. The summed E-state index contributed by atoms with van der Waals surface area (Å²) in [5.41, 5.74) is 10.9. The summed E-state index contributed by atoms with van der Waals surface area (Å²) in [4.78, 5) is 32.8. The summed E-state index contributed by atoms with van der Waals surface area (Å²) in [5.74, 6) is 3.47. The van der Waals surface area contributed by atoms with Gasteiger partial charge in [-0.2, -0.15) is 0 Å². The van der Waals surface area contributed by atoms with Gasteiger partial charge < -0.3 is 8.83 Å². The lowest BCUT2D eigenvalue weighted by atomic mass is 9.46. The van der Waals surface area contributed by atoms with Crippen LogP contribution in [0.15, 0.2) is 227 Å². The number of furan rings is 2. The van der Waals surface area contributed by atoms with Crippen LogP contribution in [-0.2, 0) is 10.8 Å². The van der Waals surface area contributed by atoms with E-state index < -0.39 is 10.8 Å². The molecule has 4 heterocycles. The number of nitrogens with zero attached hydrogens (tertiary/aromatic N) is 6. The van der Waals surface area contributed by atoms with E-state index in [0.717, 1.165) is 99.5 Å². The summed E-state index contributed by atoms with van der Waals surface area (Å²) in [6, 6.07) is 75.2. The fraction of sp³-hybridized carbons (Fsp3) is 0.0323. The lowest BCUT2D eigenvalue weighted by Crippen LogP contribution is -2.53. The normalized spacial score (nSPS) is 16.7. The molecule has 16 rings (SSSR count). The van der Waals surface area contributed by atoms with Gasteiger partial charge in [0.15, 0.2) is 34.9 Å². The summed E-state index contributed by atoms with van der Waals surface area (Å²) in [6.07, 6.45) is 0. The molecule has 0 radical (unpaired) electrons. The molecule has 8 nitrogen and oxygen atoms in total. The Kier molecular flexibility index (Phi) is 8.04. The van der Waals surface area contributed by atoms with Crippen molar-refractivity contribution in [1.29, 1.82) is 0 Å². The highest BCUT2D eigenvalue weighted by atomic mass is 16.3. The molecule has 0 saturated heterocycles. The summed E-state index contributed by atoms with van der Waals surface area (Å²) in [6.45, 7) is 0. The minimum absolute atomic E-state index is 0.548. The molecule has 9 aromatic carbocycles. The number of aromatic nitrogens is 6. The Hall–Kier alpha value is -9.40. The maximum Gasteiger partial charge on any atom is 0.163 e. The van der Waals surface area contributed by atoms with Gasteiger partial charge in [-0.15, -0.1) is 0 Å². The Morgan fingerprint density at radius 2 is 0.543 bits per heavy atom. The summed E-state index contributed by atoms with van der Waals surface area (Å²) < 4.78 is 12.9. The van der Waals surface area contributed by atoms with Crippen molar-refractivity contribution in [3.63, 3.8) is 0 Å². The maximum atomic E-state index is 6.43. The second-order valence-electron chi connectivity index (χ2n) is 18.1. The number of benzene rings is 9. The molecule has 0 saturated carbocycles. The second-order valence-corrected chi connectivity index (χ2v) is 18.1. The molecule has 0 unspecified atom stereocenters. The van der Waals surface area contributed by atoms with Gasteiger partial charge in [0, 0.05) is 43.8 Å². The minimum Gasteiger partial charge on any atom is -0.456 e.